The summed E-state index contributed by atoms with van der Waals surface area (Å²) in [4.78, 5) is 9.88. The van der Waals surface area contributed by atoms with Crippen LogP contribution in [0.3, 0.4) is 0 Å². The van der Waals surface area contributed by atoms with Gasteiger partial charge in [-0.15, -0.1) is 0 Å². The molecule has 0 saturated heterocycles. The number of halogens is 1. The van der Waals surface area contributed by atoms with Crippen molar-refractivity contribution < 1.29 is 9.66 Å². The molecular formula is C9H10BrNO3. The molecule has 0 aliphatic rings. The van der Waals surface area contributed by atoms with Gasteiger partial charge in [0.25, 0.3) is 0 Å². The van der Waals surface area contributed by atoms with Crippen molar-refractivity contribution in [2.45, 2.75) is 6.42 Å². The second kappa shape index (κ2) is 4.95. The highest BCUT2D eigenvalue weighted by molar-refractivity contribution is 9.10. The number of hydrogen-bond donors (Lipinski definition) is 0. The lowest BCUT2D eigenvalue weighted by Gasteiger charge is -2.07. The molecule has 0 N–H and O–H groups in total. The molecule has 0 aromatic heterocycles. The van der Waals surface area contributed by atoms with E-state index >= 15 is 0 Å². The Balaban J connectivity index is 2.85. The number of ether oxygens (including phenoxy) is 1. The Labute approximate surface area is 90.2 Å². The standard InChI is InChI=1S/C9H10BrNO3/c1-14-9-7(5-6-11(12)13)3-2-4-8(9)10/h2-4H,5-6H2,1H3. The van der Waals surface area contributed by atoms with Crippen LogP contribution in [0.25, 0.3) is 0 Å². The van der Waals surface area contributed by atoms with Gasteiger partial charge in [-0.2, -0.15) is 0 Å². The molecular weight excluding hydrogens is 250 g/mol. The SMILES string of the molecule is COc1c(Br)cccc1CC[N+](=O)[O-]. The van der Waals surface area contributed by atoms with Crippen LogP contribution in [-0.2, 0) is 6.42 Å². The zero-order valence-electron chi connectivity index (χ0n) is 7.70. The number of nitro groups is 1. The third kappa shape index (κ3) is 2.70. The summed E-state index contributed by atoms with van der Waals surface area (Å²) in [6, 6.07) is 5.50. The number of benzene rings is 1. The molecule has 0 saturated carbocycles. The van der Waals surface area contributed by atoms with E-state index in [0.717, 1.165) is 10.0 Å². The van der Waals surface area contributed by atoms with E-state index in [-0.39, 0.29) is 11.5 Å². The van der Waals surface area contributed by atoms with Crippen LogP contribution in [0.1, 0.15) is 5.56 Å². The zero-order valence-corrected chi connectivity index (χ0v) is 9.28. The molecule has 0 bridgehead atoms. The van der Waals surface area contributed by atoms with Gasteiger partial charge in [0.2, 0.25) is 6.54 Å². The molecule has 4 nitrogen and oxygen atoms in total. The summed E-state index contributed by atoms with van der Waals surface area (Å²) in [7, 11) is 1.55. The Bertz CT molecular complexity index is 341. The molecule has 0 radical (unpaired) electrons. The Hall–Kier alpha value is -1.10. The molecule has 0 aliphatic heterocycles. The molecule has 0 heterocycles. The molecule has 0 spiro atoms. The second-order valence-corrected chi connectivity index (χ2v) is 3.59. The summed E-state index contributed by atoms with van der Waals surface area (Å²) in [5.74, 6) is 0.675. The first kappa shape index (κ1) is 11.0. The molecule has 0 aliphatic carbocycles. The second-order valence-electron chi connectivity index (χ2n) is 2.74. The maximum absolute atomic E-state index is 10.2. The third-order valence-electron chi connectivity index (χ3n) is 1.82. The van der Waals surface area contributed by atoms with Crippen molar-refractivity contribution in [1.82, 2.24) is 0 Å². The topological polar surface area (TPSA) is 52.4 Å². The average Bonchev–Trinajstić information content (AvgIpc) is 2.14. The minimum absolute atomic E-state index is 0.0766. The smallest absolute Gasteiger partial charge is 0.208 e. The van der Waals surface area contributed by atoms with Crippen molar-refractivity contribution in [1.29, 1.82) is 0 Å². The Morgan fingerprint density at radius 2 is 2.29 bits per heavy atom. The predicted octanol–water partition coefficient (Wildman–Crippen LogP) is 2.28. The van der Waals surface area contributed by atoms with Gasteiger partial charge in [0.15, 0.2) is 0 Å². The lowest BCUT2D eigenvalue weighted by molar-refractivity contribution is -0.479. The van der Waals surface area contributed by atoms with Gasteiger partial charge in [0, 0.05) is 16.9 Å². The van der Waals surface area contributed by atoms with E-state index in [1.165, 1.54) is 0 Å². The van der Waals surface area contributed by atoms with Crippen molar-refractivity contribution in [3.63, 3.8) is 0 Å². The monoisotopic (exact) mass is 259 g/mol. The van der Waals surface area contributed by atoms with Crippen LogP contribution in [0.2, 0.25) is 0 Å². The van der Waals surface area contributed by atoms with Gasteiger partial charge in [-0.05, 0) is 22.0 Å². The minimum Gasteiger partial charge on any atom is -0.495 e. The van der Waals surface area contributed by atoms with Crippen molar-refractivity contribution >= 4 is 15.9 Å². The van der Waals surface area contributed by atoms with Crippen molar-refractivity contribution in [3.05, 3.63) is 38.3 Å². The van der Waals surface area contributed by atoms with Gasteiger partial charge in [-0.3, -0.25) is 10.1 Å². The number of methoxy groups -OCH3 is 1. The number of para-hydroxylation sites is 1. The van der Waals surface area contributed by atoms with Crippen molar-refractivity contribution in [2.24, 2.45) is 0 Å². The zero-order chi connectivity index (χ0) is 10.6. The van der Waals surface area contributed by atoms with Gasteiger partial charge < -0.3 is 4.74 Å². The van der Waals surface area contributed by atoms with Crippen LogP contribution < -0.4 is 4.74 Å². The molecule has 0 amide bonds. The molecule has 1 aromatic carbocycles. The summed E-state index contributed by atoms with van der Waals surface area (Å²) in [5.41, 5.74) is 0.846. The quantitative estimate of drug-likeness (QED) is 0.616. The van der Waals surface area contributed by atoms with E-state index in [1.807, 2.05) is 18.2 Å². The van der Waals surface area contributed by atoms with Gasteiger partial charge in [0.05, 0.1) is 11.6 Å². The van der Waals surface area contributed by atoms with E-state index in [0.29, 0.717) is 12.2 Å². The van der Waals surface area contributed by atoms with Crippen molar-refractivity contribution in [3.8, 4) is 5.75 Å². The highest BCUT2D eigenvalue weighted by Gasteiger charge is 2.08. The normalized spacial score (nSPS) is 9.86. The van der Waals surface area contributed by atoms with Crippen LogP contribution in [0.4, 0.5) is 0 Å². The van der Waals surface area contributed by atoms with Crippen molar-refractivity contribution in [2.75, 3.05) is 13.7 Å². The third-order valence-corrected chi connectivity index (χ3v) is 2.44. The Morgan fingerprint density at radius 3 is 2.86 bits per heavy atom. The summed E-state index contributed by atoms with van der Waals surface area (Å²) in [6.07, 6.45) is 0.385. The molecule has 0 atom stereocenters. The molecule has 76 valence electrons. The molecule has 1 aromatic rings. The van der Waals surface area contributed by atoms with Gasteiger partial charge >= 0.3 is 0 Å². The highest BCUT2D eigenvalue weighted by Crippen LogP contribution is 2.28. The number of nitrogens with zero attached hydrogens (tertiary/aromatic N) is 1. The van der Waals surface area contributed by atoms with E-state index in [9.17, 15) is 10.1 Å². The van der Waals surface area contributed by atoms with E-state index in [4.69, 9.17) is 4.74 Å². The average molecular weight is 260 g/mol. The Morgan fingerprint density at radius 1 is 1.57 bits per heavy atom. The summed E-state index contributed by atoms with van der Waals surface area (Å²) in [6.45, 7) is -0.0766. The minimum atomic E-state index is -0.333. The first-order chi connectivity index (χ1) is 6.65. The van der Waals surface area contributed by atoms with Crippen LogP contribution in [-0.4, -0.2) is 18.6 Å². The molecule has 1 rings (SSSR count). The first-order valence-corrected chi connectivity index (χ1v) is 4.87. The van der Waals surface area contributed by atoms with Crippen LogP contribution in [0, 0.1) is 10.1 Å². The fourth-order valence-corrected chi connectivity index (χ4v) is 1.76. The van der Waals surface area contributed by atoms with Crippen LogP contribution in [0.5, 0.6) is 5.75 Å². The summed E-state index contributed by atoms with van der Waals surface area (Å²) >= 11 is 3.32. The predicted molar refractivity (Wildman–Crippen MR) is 56.3 cm³/mol. The van der Waals surface area contributed by atoms with Gasteiger partial charge in [-0.25, -0.2) is 0 Å². The fourth-order valence-electron chi connectivity index (χ4n) is 1.19. The van der Waals surface area contributed by atoms with Crippen LogP contribution >= 0.6 is 15.9 Å². The highest BCUT2D eigenvalue weighted by atomic mass is 79.9. The fraction of sp³-hybridized carbons (Fsp3) is 0.333. The largest absolute Gasteiger partial charge is 0.495 e. The van der Waals surface area contributed by atoms with E-state index in [1.54, 1.807) is 7.11 Å². The first-order valence-electron chi connectivity index (χ1n) is 4.08. The number of hydrogen-bond acceptors (Lipinski definition) is 3. The lowest BCUT2D eigenvalue weighted by atomic mass is 10.1. The molecule has 5 heteroatoms. The Kier molecular flexibility index (Phi) is 3.88. The maximum atomic E-state index is 10.2. The maximum Gasteiger partial charge on any atom is 0.208 e. The van der Waals surface area contributed by atoms with E-state index in [2.05, 4.69) is 15.9 Å². The number of rotatable bonds is 4. The van der Waals surface area contributed by atoms with E-state index < -0.39 is 0 Å². The van der Waals surface area contributed by atoms with Crippen LogP contribution in [0.15, 0.2) is 22.7 Å². The van der Waals surface area contributed by atoms with Gasteiger partial charge in [-0.1, -0.05) is 12.1 Å². The molecule has 14 heavy (non-hydrogen) atoms. The summed E-state index contributed by atoms with van der Waals surface area (Å²) < 4.78 is 5.96. The molecule has 0 fully saturated rings. The van der Waals surface area contributed by atoms with Gasteiger partial charge in [0.1, 0.15) is 5.75 Å². The lowest BCUT2D eigenvalue weighted by Crippen LogP contribution is -2.05. The summed E-state index contributed by atoms with van der Waals surface area (Å²) in [5, 5.41) is 10.2. The molecule has 0 unspecified atom stereocenters.